The van der Waals surface area contributed by atoms with Crippen molar-refractivity contribution < 1.29 is 0 Å². The number of rotatable bonds is 2. The molecule has 5 aromatic rings. The first-order valence-electron chi connectivity index (χ1n) is 9.38. The molecule has 5 rings (SSSR count). The Morgan fingerprint density at radius 3 is 1.67 bits per heavy atom. The lowest BCUT2D eigenvalue weighted by atomic mass is 10.0. The van der Waals surface area contributed by atoms with Crippen LogP contribution in [-0.2, 0) is 0 Å². The van der Waals surface area contributed by atoms with Crippen molar-refractivity contribution in [3.05, 3.63) is 102 Å². The molecule has 0 saturated heterocycles. The van der Waals surface area contributed by atoms with Crippen LogP contribution in [-0.4, -0.2) is 4.57 Å². The minimum Gasteiger partial charge on any atom is -0.309 e. The van der Waals surface area contributed by atoms with E-state index in [9.17, 15) is 0 Å². The van der Waals surface area contributed by atoms with Crippen LogP contribution < -0.4 is 0 Å². The third-order valence-corrected chi connectivity index (χ3v) is 5.55. The molecule has 27 heavy (non-hydrogen) atoms. The monoisotopic (exact) mass is 347 g/mol. The number of benzene rings is 4. The maximum atomic E-state index is 2.36. The van der Waals surface area contributed by atoms with Crippen molar-refractivity contribution in [2.24, 2.45) is 0 Å². The predicted octanol–water partition coefficient (Wildman–Crippen LogP) is 7.07. The fourth-order valence-corrected chi connectivity index (χ4v) is 3.92. The van der Waals surface area contributed by atoms with Crippen molar-refractivity contribution in [1.29, 1.82) is 0 Å². The molecule has 0 amide bonds. The average Bonchev–Trinajstić information content (AvgIpc) is 3.05. The fourth-order valence-electron chi connectivity index (χ4n) is 3.92. The van der Waals surface area contributed by atoms with Crippen molar-refractivity contribution >= 4 is 21.8 Å². The molecule has 1 aromatic heterocycles. The van der Waals surface area contributed by atoms with Gasteiger partial charge >= 0.3 is 0 Å². The second kappa shape index (κ2) is 6.14. The smallest absolute Gasteiger partial charge is 0.0541 e. The molecular formula is C26H21N. The number of aryl methyl sites for hydroxylation is 2. The first-order valence-corrected chi connectivity index (χ1v) is 9.38. The molecule has 0 N–H and O–H groups in total. The van der Waals surface area contributed by atoms with Crippen LogP contribution in [0.1, 0.15) is 11.1 Å². The van der Waals surface area contributed by atoms with Gasteiger partial charge in [-0.2, -0.15) is 0 Å². The van der Waals surface area contributed by atoms with Gasteiger partial charge in [0.15, 0.2) is 0 Å². The summed E-state index contributed by atoms with van der Waals surface area (Å²) in [7, 11) is 0. The highest BCUT2D eigenvalue weighted by molar-refractivity contribution is 6.09. The fraction of sp³-hybridized carbons (Fsp3) is 0.0769. The highest BCUT2D eigenvalue weighted by Gasteiger charge is 2.11. The predicted molar refractivity (Wildman–Crippen MR) is 116 cm³/mol. The SMILES string of the molecule is Cc1ccc(-c2ccc(-n3c4ccccc4c4ccccc43)cc2)cc1C. The highest BCUT2D eigenvalue weighted by atomic mass is 15.0. The van der Waals surface area contributed by atoms with Crippen LogP contribution in [0.3, 0.4) is 0 Å². The first kappa shape index (κ1) is 15.9. The zero-order chi connectivity index (χ0) is 18.4. The van der Waals surface area contributed by atoms with Crippen molar-refractivity contribution in [1.82, 2.24) is 4.57 Å². The van der Waals surface area contributed by atoms with Gasteiger partial charge in [0.1, 0.15) is 0 Å². The van der Waals surface area contributed by atoms with Gasteiger partial charge in [0.2, 0.25) is 0 Å². The summed E-state index contributed by atoms with van der Waals surface area (Å²) < 4.78 is 2.36. The number of hydrogen-bond donors (Lipinski definition) is 0. The molecule has 0 atom stereocenters. The van der Waals surface area contributed by atoms with Crippen molar-refractivity contribution in [2.45, 2.75) is 13.8 Å². The second-order valence-electron chi connectivity index (χ2n) is 7.22. The molecule has 0 unspecified atom stereocenters. The zero-order valence-electron chi connectivity index (χ0n) is 15.6. The van der Waals surface area contributed by atoms with E-state index in [0.717, 1.165) is 0 Å². The van der Waals surface area contributed by atoms with Gasteiger partial charge in [-0.15, -0.1) is 0 Å². The largest absolute Gasteiger partial charge is 0.309 e. The van der Waals surface area contributed by atoms with Gasteiger partial charge in [-0.05, 0) is 60.4 Å². The molecule has 4 aromatic carbocycles. The van der Waals surface area contributed by atoms with E-state index in [1.807, 2.05) is 0 Å². The standard InChI is InChI=1S/C26H21N/c1-18-11-12-21(17-19(18)2)20-13-15-22(16-14-20)27-25-9-5-3-7-23(25)24-8-4-6-10-26(24)27/h3-17H,1-2H3. The molecule has 0 spiro atoms. The number of para-hydroxylation sites is 2. The quantitative estimate of drug-likeness (QED) is 0.322. The van der Waals surface area contributed by atoms with E-state index in [4.69, 9.17) is 0 Å². The van der Waals surface area contributed by atoms with Gasteiger partial charge in [0, 0.05) is 16.5 Å². The molecule has 1 nitrogen and oxygen atoms in total. The minimum atomic E-state index is 1.19. The molecule has 0 aliphatic heterocycles. The Morgan fingerprint density at radius 1 is 0.519 bits per heavy atom. The maximum absolute atomic E-state index is 2.36. The van der Waals surface area contributed by atoms with Crippen LogP contribution >= 0.6 is 0 Å². The van der Waals surface area contributed by atoms with Gasteiger partial charge in [0.05, 0.1) is 11.0 Å². The summed E-state index contributed by atoms with van der Waals surface area (Å²) in [5, 5.41) is 2.60. The molecule has 130 valence electrons. The van der Waals surface area contributed by atoms with Crippen LogP contribution in [0.4, 0.5) is 0 Å². The summed E-state index contributed by atoms with van der Waals surface area (Å²) in [6, 6.07) is 32.8. The topological polar surface area (TPSA) is 4.93 Å². The number of hydrogen-bond acceptors (Lipinski definition) is 0. The summed E-state index contributed by atoms with van der Waals surface area (Å²) >= 11 is 0. The number of aromatic nitrogens is 1. The summed E-state index contributed by atoms with van der Waals surface area (Å²) in [4.78, 5) is 0. The van der Waals surface area contributed by atoms with Crippen LogP contribution in [0.2, 0.25) is 0 Å². The van der Waals surface area contributed by atoms with Crippen LogP contribution in [0, 0.1) is 13.8 Å². The zero-order valence-corrected chi connectivity index (χ0v) is 15.6. The molecule has 1 heteroatoms. The Labute approximate surface area is 159 Å². The van der Waals surface area contributed by atoms with Crippen LogP contribution in [0.5, 0.6) is 0 Å². The lowest BCUT2D eigenvalue weighted by molar-refractivity contribution is 1.18. The molecule has 0 aliphatic rings. The second-order valence-corrected chi connectivity index (χ2v) is 7.22. The Bertz CT molecular complexity index is 1220. The summed E-state index contributed by atoms with van der Waals surface area (Å²) in [5.41, 5.74) is 8.88. The van der Waals surface area contributed by atoms with Crippen LogP contribution in [0.15, 0.2) is 91.0 Å². The number of nitrogens with zero attached hydrogens (tertiary/aromatic N) is 1. The van der Waals surface area contributed by atoms with Crippen molar-refractivity contribution in [2.75, 3.05) is 0 Å². The van der Waals surface area contributed by atoms with E-state index in [0.29, 0.717) is 0 Å². The Morgan fingerprint density at radius 2 is 1.07 bits per heavy atom. The minimum absolute atomic E-state index is 1.19. The molecule has 0 saturated carbocycles. The molecule has 1 heterocycles. The van der Waals surface area contributed by atoms with E-state index < -0.39 is 0 Å². The summed E-state index contributed by atoms with van der Waals surface area (Å²) in [6.45, 7) is 4.33. The summed E-state index contributed by atoms with van der Waals surface area (Å²) in [6.07, 6.45) is 0. The Balaban J connectivity index is 1.68. The van der Waals surface area contributed by atoms with Crippen molar-refractivity contribution in [3.63, 3.8) is 0 Å². The van der Waals surface area contributed by atoms with Gasteiger partial charge in [-0.1, -0.05) is 66.7 Å². The number of fused-ring (bicyclic) bond motifs is 3. The van der Waals surface area contributed by atoms with E-state index in [-0.39, 0.29) is 0 Å². The third-order valence-electron chi connectivity index (χ3n) is 5.55. The lowest BCUT2D eigenvalue weighted by Gasteiger charge is -2.10. The first-order chi connectivity index (χ1) is 13.2. The third kappa shape index (κ3) is 2.55. The Hall–Kier alpha value is -3.32. The molecule has 0 fully saturated rings. The van der Waals surface area contributed by atoms with E-state index >= 15 is 0 Å². The molecule has 0 aliphatic carbocycles. The maximum Gasteiger partial charge on any atom is 0.0541 e. The highest BCUT2D eigenvalue weighted by Crippen LogP contribution is 2.32. The molecule has 0 bridgehead atoms. The van der Waals surface area contributed by atoms with Crippen LogP contribution in [0.25, 0.3) is 38.6 Å². The van der Waals surface area contributed by atoms with E-state index in [2.05, 4.69) is 109 Å². The van der Waals surface area contributed by atoms with Gasteiger partial charge < -0.3 is 4.57 Å². The van der Waals surface area contributed by atoms with Gasteiger partial charge in [0.25, 0.3) is 0 Å². The lowest BCUT2D eigenvalue weighted by Crippen LogP contribution is -1.93. The van der Waals surface area contributed by atoms with Crippen molar-refractivity contribution in [3.8, 4) is 16.8 Å². The average molecular weight is 347 g/mol. The molecular weight excluding hydrogens is 326 g/mol. The van der Waals surface area contributed by atoms with Gasteiger partial charge in [-0.3, -0.25) is 0 Å². The molecule has 0 radical (unpaired) electrons. The normalized spacial score (nSPS) is 11.3. The summed E-state index contributed by atoms with van der Waals surface area (Å²) in [5.74, 6) is 0. The Kier molecular flexibility index (Phi) is 3.61. The van der Waals surface area contributed by atoms with Gasteiger partial charge in [-0.25, -0.2) is 0 Å². The van der Waals surface area contributed by atoms with E-state index in [1.54, 1.807) is 0 Å². The van der Waals surface area contributed by atoms with E-state index in [1.165, 1.54) is 49.7 Å².